The lowest BCUT2D eigenvalue weighted by atomic mass is 9.95. The van der Waals surface area contributed by atoms with E-state index < -0.39 is 17.7 Å². The maximum atomic E-state index is 14.0. The van der Waals surface area contributed by atoms with E-state index in [2.05, 4.69) is 10.6 Å². The minimum Gasteiger partial charge on any atom is -0.497 e. The fourth-order valence-corrected chi connectivity index (χ4v) is 3.53. The Morgan fingerprint density at radius 3 is 1.56 bits per heavy atom. The fourth-order valence-electron chi connectivity index (χ4n) is 3.53. The average molecular weight is 531 g/mol. The topological polar surface area (TPSA) is 112 Å². The summed E-state index contributed by atoms with van der Waals surface area (Å²) in [5, 5.41) is 6.36. The third-order valence-electron chi connectivity index (χ3n) is 5.65. The minimum atomic E-state index is -0.901. The van der Waals surface area contributed by atoms with Crippen LogP contribution in [0.25, 0.3) is 0 Å². The molecule has 39 heavy (non-hydrogen) atoms. The van der Waals surface area contributed by atoms with Crippen LogP contribution in [0.5, 0.6) is 11.5 Å². The first kappa shape index (κ1) is 28.5. The molecule has 9 nitrogen and oxygen atoms in total. The van der Waals surface area contributed by atoms with Crippen molar-refractivity contribution in [3.05, 3.63) is 107 Å². The van der Waals surface area contributed by atoms with Crippen LogP contribution in [0.1, 0.15) is 15.9 Å². The molecule has 0 amide bonds. The number of hydrogen-bond donors (Lipinski definition) is 2. The van der Waals surface area contributed by atoms with E-state index in [9.17, 15) is 14.4 Å². The van der Waals surface area contributed by atoms with E-state index in [1.807, 2.05) is 6.92 Å². The summed E-state index contributed by atoms with van der Waals surface area (Å²) in [5.41, 5.74) is 1.95. The summed E-state index contributed by atoms with van der Waals surface area (Å²) in [5.74, 6) is -0.889. The van der Waals surface area contributed by atoms with Gasteiger partial charge in [-0.2, -0.15) is 0 Å². The molecule has 0 saturated heterocycles. The van der Waals surface area contributed by atoms with Crippen molar-refractivity contribution in [3.63, 3.8) is 0 Å². The molecule has 0 heterocycles. The van der Waals surface area contributed by atoms with Crippen LogP contribution in [0, 0.1) is 6.92 Å². The van der Waals surface area contributed by atoms with Gasteiger partial charge in [0, 0.05) is 23.0 Å². The fraction of sp³-hybridized carbons (Fsp3) is 0.167. The molecule has 0 aromatic heterocycles. The highest BCUT2D eigenvalue weighted by molar-refractivity contribution is 6.19. The van der Waals surface area contributed by atoms with E-state index in [0.717, 1.165) is 18.7 Å². The monoisotopic (exact) mass is 530 g/mol. The summed E-state index contributed by atoms with van der Waals surface area (Å²) in [4.78, 5) is 39.4. The molecular formula is C30H30N2O7. The van der Waals surface area contributed by atoms with Crippen LogP contribution < -0.4 is 20.1 Å². The average Bonchev–Trinajstić information content (AvgIpc) is 2.97. The molecule has 2 N–H and O–H groups in total. The molecule has 3 aromatic rings. The minimum absolute atomic E-state index is 0.122. The molecule has 3 rings (SSSR count). The number of benzene rings is 3. The molecule has 0 saturated carbocycles. The molecule has 0 bridgehead atoms. The summed E-state index contributed by atoms with van der Waals surface area (Å²) in [7, 11) is 5.44. The Labute approximate surface area is 227 Å². The summed E-state index contributed by atoms with van der Waals surface area (Å²) in [6, 6.07) is 20.7. The maximum absolute atomic E-state index is 14.0. The molecule has 0 aliphatic heterocycles. The highest BCUT2D eigenvalue weighted by Crippen LogP contribution is 2.27. The van der Waals surface area contributed by atoms with Gasteiger partial charge in [0.25, 0.3) is 0 Å². The highest BCUT2D eigenvalue weighted by Gasteiger charge is 2.28. The second-order valence-electron chi connectivity index (χ2n) is 8.22. The van der Waals surface area contributed by atoms with Gasteiger partial charge in [0.05, 0.1) is 39.6 Å². The van der Waals surface area contributed by atoms with Crippen LogP contribution in [-0.2, 0) is 19.1 Å². The Morgan fingerprint density at radius 2 is 1.15 bits per heavy atom. The summed E-state index contributed by atoms with van der Waals surface area (Å²) in [6.45, 7) is 1.89. The smallest absolute Gasteiger partial charge is 0.339 e. The largest absolute Gasteiger partial charge is 0.497 e. The number of aryl methyl sites for hydroxylation is 1. The van der Waals surface area contributed by atoms with Crippen molar-refractivity contribution < 1.29 is 33.3 Å². The van der Waals surface area contributed by atoms with Gasteiger partial charge in [0.2, 0.25) is 0 Å². The van der Waals surface area contributed by atoms with Crippen molar-refractivity contribution in [2.75, 3.05) is 39.1 Å². The molecule has 0 spiro atoms. The number of carbonyl (C=O) groups is 3. The first-order chi connectivity index (χ1) is 18.8. The Morgan fingerprint density at radius 1 is 0.667 bits per heavy atom. The number of methoxy groups -OCH3 is 4. The normalized spacial score (nSPS) is 10.6. The van der Waals surface area contributed by atoms with Gasteiger partial charge in [0.15, 0.2) is 5.78 Å². The highest BCUT2D eigenvalue weighted by atomic mass is 16.5. The van der Waals surface area contributed by atoms with Crippen LogP contribution in [0.4, 0.5) is 11.4 Å². The number of hydrogen-bond acceptors (Lipinski definition) is 9. The van der Waals surface area contributed by atoms with Crippen molar-refractivity contribution in [2.45, 2.75) is 6.92 Å². The van der Waals surface area contributed by atoms with Crippen molar-refractivity contribution in [1.82, 2.24) is 0 Å². The number of ether oxygens (including phenoxy) is 4. The molecule has 0 atom stereocenters. The zero-order valence-corrected chi connectivity index (χ0v) is 22.4. The molecule has 3 aromatic carbocycles. The van der Waals surface area contributed by atoms with E-state index in [0.29, 0.717) is 28.4 Å². The van der Waals surface area contributed by atoms with E-state index in [1.165, 1.54) is 7.11 Å². The maximum Gasteiger partial charge on any atom is 0.339 e. The number of ketones is 1. The molecular weight excluding hydrogens is 500 g/mol. The number of esters is 2. The molecule has 0 aliphatic carbocycles. The summed E-state index contributed by atoms with van der Waals surface area (Å²) >= 11 is 0. The Balaban J connectivity index is 2.30. The van der Waals surface area contributed by atoms with Gasteiger partial charge in [-0.15, -0.1) is 0 Å². The summed E-state index contributed by atoms with van der Waals surface area (Å²) in [6.07, 6.45) is 0.929. The van der Waals surface area contributed by atoms with Crippen LogP contribution in [0.2, 0.25) is 0 Å². The molecule has 0 radical (unpaired) electrons. The molecule has 0 unspecified atom stereocenters. The van der Waals surface area contributed by atoms with Crippen LogP contribution >= 0.6 is 0 Å². The van der Waals surface area contributed by atoms with E-state index in [1.54, 1.807) is 87.0 Å². The Kier molecular flexibility index (Phi) is 9.86. The molecule has 202 valence electrons. The second kappa shape index (κ2) is 13.5. The first-order valence-corrected chi connectivity index (χ1v) is 11.9. The lowest BCUT2D eigenvalue weighted by Crippen LogP contribution is -2.23. The van der Waals surface area contributed by atoms with Crippen molar-refractivity contribution >= 4 is 29.1 Å². The number of carbonyl (C=O) groups excluding carboxylic acids is 3. The van der Waals surface area contributed by atoms with E-state index in [4.69, 9.17) is 18.9 Å². The van der Waals surface area contributed by atoms with Gasteiger partial charge in [-0.25, -0.2) is 9.59 Å². The standard InChI is InChI=1S/C30H30N2O7/c1-19-6-8-20(9-7-19)28(34)27(25(30(35)39-5)18-26(33)38-4)29(31-21-10-14-23(36-2)15-11-21)32-22-12-16-24(37-3)17-13-22/h6-18,31-32H,1-5H3/b25-18-. The van der Waals surface area contributed by atoms with Crippen LogP contribution in [-0.4, -0.2) is 46.2 Å². The summed E-state index contributed by atoms with van der Waals surface area (Å²) < 4.78 is 20.2. The predicted molar refractivity (Wildman–Crippen MR) is 148 cm³/mol. The predicted octanol–water partition coefficient (Wildman–Crippen LogP) is 4.90. The number of nitrogens with one attached hydrogen (secondary N) is 2. The zero-order chi connectivity index (χ0) is 28.4. The van der Waals surface area contributed by atoms with Gasteiger partial charge in [-0.3, -0.25) is 4.79 Å². The van der Waals surface area contributed by atoms with E-state index >= 15 is 0 Å². The molecule has 0 aliphatic rings. The van der Waals surface area contributed by atoms with Crippen molar-refractivity contribution in [2.24, 2.45) is 0 Å². The third kappa shape index (κ3) is 7.48. The Bertz CT molecular complexity index is 1320. The first-order valence-electron chi connectivity index (χ1n) is 11.9. The van der Waals surface area contributed by atoms with Gasteiger partial charge in [0.1, 0.15) is 17.3 Å². The van der Waals surface area contributed by atoms with Crippen LogP contribution in [0.15, 0.2) is 95.8 Å². The lowest BCUT2D eigenvalue weighted by molar-refractivity contribution is -0.138. The van der Waals surface area contributed by atoms with Gasteiger partial charge >= 0.3 is 11.9 Å². The SMILES string of the molecule is COC(=O)/C=C(\C(=O)OC)C(C(=O)c1ccc(C)cc1)=C(Nc1ccc(OC)cc1)Nc1ccc(OC)cc1. The number of rotatable bonds is 11. The van der Waals surface area contributed by atoms with E-state index in [-0.39, 0.29) is 17.0 Å². The second-order valence-corrected chi connectivity index (χ2v) is 8.22. The van der Waals surface area contributed by atoms with Gasteiger partial charge in [-0.05, 0) is 55.5 Å². The number of Topliss-reactive ketones (excluding diaryl/α,β-unsaturated/α-hetero) is 1. The van der Waals surface area contributed by atoms with Crippen LogP contribution in [0.3, 0.4) is 0 Å². The van der Waals surface area contributed by atoms with Crippen molar-refractivity contribution in [3.8, 4) is 11.5 Å². The molecule has 0 fully saturated rings. The molecule has 9 heteroatoms. The third-order valence-corrected chi connectivity index (χ3v) is 5.65. The Hall–Kier alpha value is -5.05. The quantitative estimate of drug-likeness (QED) is 0.155. The zero-order valence-electron chi connectivity index (χ0n) is 22.4. The van der Waals surface area contributed by atoms with Gasteiger partial charge < -0.3 is 29.6 Å². The lowest BCUT2D eigenvalue weighted by Gasteiger charge is -2.20. The van der Waals surface area contributed by atoms with Crippen molar-refractivity contribution in [1.29, 1.82) is 0 Å². The van der Waals surface area contributed by atoms with Gasteiger partial charge in [-0.1, -0.05) is 29.8 Å². The number of anilines is 2.